The van der Waals surface area contributed by atoms with Gasteiger partial charge < -0.3 is 10.0 Å². The second-order valence-electron chi connectivity index (χ2n) is 9.20. The quantitative estimate of drug-likeness (QED) is 0.323. The van der Waals surface area contributed by atoms with Gasteiger partial charge in [0.05, 0.1) is 12.1 Å². The molecule has 1 aliphatic heterocycles. The number of benzene rings is 3. The zero-order valence-corrected chi connectivity index (χ0v) is 21.0. The molecule has 1 aromatic heterocycles. The van der Waals surface area contributed by atoms with Gasteiger partial charge in [0.15, 0.2) is 5.69 Å². The van der Waals surface area contributed by atoms with Gasteiger partial charge in [-0.25, -0.2) is 13.5 Å². The van der Waals surface area contributed by atoms with Gasteiger partial charge in [0.1, 0.15) is 17.3 Å². The fourth-order valence-corrected chi connectivity index (χ4v) is 5.12. The molecular formula is C29H24ClF2N3O3. The van der Waals surface area contributed by atoms with E-state index in [9.17, 15) is 23.5 Å². The zero-order valence-electron chi connectivity index (χ0n) is 20.3. The molecule has 0 bridgehead atoms. The highest BCUT2D eigenvalue weighted by atomic mass is 35.5. The number of rotatable bonds is 6. The summed E-state index contributed by atoms with van der Waals surface area (Å²) >= 11 is 6.07. The molecule has 1 fully saturated rings. The molecule has 2 heterocycles. The van der Waals surface area contributed by atoms with E-state index in [1.54, 1.807) is 53.4 Å². The van der Waals surface area contributed by atoms with Crippen molar-refractivity contribution in [1.82, 2.24) is 14.7 Å². The molecule has 1 saturated heterocycles. The number of halogens is 3. The van der Waals surface area contributed by atoms with Gasteiger partial charge >= 0.3 is 5.97 Å². The van der Waals surface area contributed by atoms with Crippen molar-refractivity contribution >= 4 is 23.5 Å². The Morgan fingerprint density at radius 1 is 0.921 bits per heavy atom. The van der Waals surface area contributed by atoms with Crippen LogP contribution in [0.25, 0.3) is 16.9 Å². The van der Waals surface area contributed by atoms with Gasteiger partial charge in [0.25, 0.3) is 5.91 Å². The molecule has 38 heavy (non-hydrogen) atoms. The number of carbonyl (C=O) groups excluding carboxylic acids is 1. The predicted molar refractivity (Wildman–Crippen MR) is 140 cm³/mol. The molecule has 1 amide bonds. The van der Waals surface area contributed by atoms with Crippen LogP contribution in [0.4, 0.5) is 8.78 Å². The summed E-state index contributed by atoms with van der Waals surface area (Å²) in [7, 11) is 0. The first-order chi connectivity index (χ1) is 18.3. The monoisotopic (exact) mass is 535 g/mol. The van der Waals surface area contributed by atoms with E-state index < -0.39 is 24.1 Å². The van der Waals surface area contributed by atoms with Gasteiger partial charge in [-0.2, -0.15) is 5.10 Å². The fraction of sp³-hybridized carbons (Fsp3) is 0.207. The number of aliphatic carboxylic acids is 1. The number of carboxylic acid groups (broad SMARTS) is 1. The van der Waals surface area contributed by atoms with Crippen LogP contribution in [0, 0.1) is 11.6 Å². The summed E-state index contributed by atoms with van der Waals surface area (Å²) in [4.78, 5) is 27.3. The van der Waals surface area contributed by atoms with E-state index in [0.717, 1.165) is 0 Å². The summed E-state index contributed by atoms with van der Waals surface area (Å²) in [5.74, 6) is -2.47. The third-order valence-corrected chi connectivity index (χ3v) is 7.09. The van der Waals surface area contributed by atoms with E-state index in [-0.39, 0.29) is 28.7 Å². The highest BCUT2D eigenvalue weighted by Crippen LogP contribution is 2.34. The van der Waals surface area contributed by atoms with Gasteiger partial charge in [0.2, 0.25) is 0 Å². The van der Waals surface area contributed by atoms with E-state index in [0.29, 0.717) is 47.8 Å². The summed E-state index contributed by atoms with van der Waals surface area (Å²) < 4.78 is 30.5. The van der Waals surface area contributed by atoms with E-state index in [1.807, 2.05) is 0 Å². The molecule has 3 aromatic carbocycles. The number of piperidine rings is 1. The first-order valence-electron chi connectivity index (χ1n) is 12.2. The molecule has 9 heteroatoms. The van der Waals surface area contributed by atoms with Crippen LogP contribution >= 0.6 is 11.6 Å². The number of carboxylic acids is 1. The lowest BCUT2D eigenvalue weighted by molar-refractivity contribution is -0.136. The second kappa shape index (κ2) is 10.8. The average Bonchev–Trinajstić information content (AvgIpc) is 3.27. The average molecular weight is 536 g/mol. The van der Waals surface area contributed by atoms with Crippen molar-refractivity contribution < 1.29 is 23.5 Å². The van der Waals surface area contributed by atoms with Crippen LogP contribution in [-0.4, -0.2) is 44.8 Å². The fourth-order valence-electron chi connectivity index (χ4n) is 4.99. The summed E-state index contributed by atoms with van der Waals surface area (Å²) in [5, 5.41) is 14.7. The number of nitrogens with zero attached hydrogens (tertiary/aromatic N) is 3. The number of likely N-dealkylation sites (tertiary alicyclic amines) is 1. The molecule has 0 spiro atoms. The molecule has 0 saturated carbocycles. The van der Waals surface area contributed by atoms with Crippen LogP contribution in [0.1, 0.15) is 40.4 Å². The first kappa shape index (κ1) is 25.6. The molecule has 1 N–H and O–H groups in total. The van der Waals surface area contributed by atoms with Crippen LogP contribution in [0.3, 0.4) is 0 Å². The SMILES string of the molecule is O=C(O)Cc1c(C(=O)N2CCC(c3ccccc3F)CC2)nn(-c2ccccc2F)c1-c1ccc(Cl)cc1. The van der Waals surface area contributed by atoms with E-state index in [1.165, 1.54) is 28.9 Å². The minimum absolute atomic E-state index is 0.0284. The smallest absolute Gasteiger partial charge is 0.307 e. The highest BCUT2D eigenvalue weighted by Gasteiger charge is 2.32. The first-order valence-corrected chi connectivity index (χ1v) is 12.6. The minimum Gasteiger partial charge on any atom is -0.481 e. The molecule has 0 unspecified atom stereocenters. The Bertz CT molecular complexity index is 1500. The van der Waals surface area contributed by atoms with E-state index >= 15 is 0 Å². The third-order valence-electron chi connectivity index (χ3n) is 6.84. The third kappa shape index (κ3) is 5.04. The van der Waals surface area contributed by atoms with Crippen LogP contribution in [0.2, 0.25) is 5.02 Å². The Morgan fingerprint density at radius 3 is 2.18 bits per heavy atom. The van der Waals surface area contributed by atoms with Crippen molar-refractivity contribution in [2.24, 2.45) is 0 Å². The minimum atomic E-state index is -1.15. The van der Waals surface area contributed by atoms with Gasteiger partial charge in [-0.05, 0) is 54.7 Å². The van der Waals surface area contributed by atoms with E-state index in [4.69, 9.17) is 11.6 Å². The molecule has 5 rings (SSSR count). The Hall–Kier alpha value is -4.04. The molecule has 6 nitrogen and oxygen atoms in total. The van der Waals surface area contributed by atoms with Crippen molar-refractivity contribution in [3.05, 3.63) is 106 Å². The van der Waals surface area contributed by atoms with Gasteiger partial charge in [0, 0.05) is 29.2 Å². The predicted octanol–water partition coefficient (Wildman–Crippen LogP) is 6.12. The maximum absolute atomic E-state index is 14.9. The summed E-state index contributed by atoms with van der Waals surface area (Å²) in [5.41, 5.74) is 1.69. The zero-order chi connectivity index (χ0) is 26.8. The maximum Gasteiger partial charge on any atom is 0.307 e. The normalized spacial score (nSPS) is 14.0. The van der Waals surface area contributed by atoms with Gasteiger partial charge in [-0.1, -0.05) is 54.1 Å². The topological polar surface area (TPSA) is 75.4 Å². The number of carbonyl (C=O) groups is 2. The molecular weight excluding hydrogens is 512 g/mol. The lowest BCUT2D eigenvalue weighted by atomic mass is 9.89. The second-order valence-corrected chi connectivity index (χ2v) is 9.64. The molecule has 194 valence electrons. The largest absolute Gasteiger partial charge is 0.481 e. The number of hydrogen-bond acceptors (Lipinski definition) is 3. The Morgan fingerprint density at radius 2 is 1.55 bits per heavy atom. The summed E-state index contributed by atoms with van der Waals surface area (Å²) in [6.07, 6.45) is 0.622. The van der Waals surface area contributed by atoms with Crippen LogP contribution in [-0.2, 0) is 11.2 Å². The number of aromatic nitrogens is 2. The van der Waals surface area contributed by atoms with Crippen molar-refractivity contribution in [3.63, 3.8) is 0 Å². The van der Waals surface area contributed by atoms with Crippen molar-refractivity contribution in [3.8, 4) is 16.9 Å². The van der Waals surface area contributed by atoms with Crippen LogP contribution < -0.4 is 0 Å². The van der Waals surface area contributed by atoms with E-state index in [2.05, 4.69) is 5.10 Å². The molecule has 0 atom stereocenters. The van der Waals surface area contributed by atoms with Gasteiger partial charge in [-0.3, -0.25) is 9.59 Å². The summed E-state index contributed by atoms with van der Waals surface area (Å²) in [6.45, 7) is 0.709. The van der Waals surface area contributed by atoms with Crippen LogP contribution in [0.5, 0.6) is 0 Å². The van der Waals surface area contributed by atoms with Crippen LogP contribution in [0.15, 0.2) is 72.8 Å². The van der Waals surface area contributed by atoms with Crippen molar-refractivity contribution in [2.75, 3.05) is 13.1 Å². The van der Waals surface area contributed by atoms with Crippen molar-refractivity contribution in [1.29, 1.82) is 0 Å². The maximum atomic E-state index is 14.9. The lowest BCUT2D eigenvalue weighted by Crippen LogP contribution is -2.38. The molecule has 4 aromatic rings. The standard InChI is InChI=1S/C29H24ClF2N3O3/c30-20-11-9-19(10-12-20)28-22(17-26(36)37)27(33-35(28)25-8-4-3-7-24(25)32)29(38)34-15-13-18(14-16-34)21-5-1-2-6-23(21)31/h1-12,18H,13-17H2,(H,36,37). The Balaban J connectivity index is 1.55. The number of hydrogen-bond donors (Lipinski definition) is 1. The lowest BCUT2D eigenvalue weighted by Gasteiger charge is -2.32. The number of amides is 1. The van der Waals surface area contributed by atoms with Gasteiger partial charge in [-0.15, -0.1) is 0 Å². The number of para-hydroxylation sites is 1. The molecule has 0 aliphatic carbocycles. The Labute approximate surface area is 223 Å². The molecule has 0 radical (unpaired) electrons. The Kier molecular flexibility index (Phi) is 7.24. The highest BCUT2D eigenvalue weighted by molar-refractivity contribution is 6.30. The molecule has 1 aliphatic rings. The summed E-state index contributed by atoms with van der Waals surface area (Å²) in [6, 6.07) is 19.2. The van der Waals surface area contributed by atoms with Crippen molar-refractivity contribution in [2.45, 2.75) is 25.2 Å².